The number of nitrogens with two attached hydrogens (primary N) is 1. The van der Waals surface area contributed by atoms with Gasteiger partial charge in [0.1, 0.15) is 0 Å². The van der Waals surface area contributed by atoms with Gasteiger partial charge >= 0.3 is 0 Å². The van der Waals surface area contributed by atoms with E-state index in [0.717, 1.165) is 23.8 Å². The maximum atomic E-state index is 5.85. The number of hydrogen-bond donors (Lipinski definition) is 2. The molecule has 0 amide bonds. The highest BCUT2D eigenvalue weighted by atomic mass is 35.5. The Hall–Kier alpha value is -0.540. The molecule has 82 valence electrons. The molecule has 1 fully saturated rings. The molecule has 1 aliphatic heterocycles. The van der Waals surface area contributed by atoms with Crippen molar-refractivity contribution in [2.45, 2.75) is 6.42 Å². The van der Waals surface area contributed by atoms with E-state index in [-0.39, 0.29) is 0 Å². The van der Waals surface area contributed by atoms with Gasteiger partial charge in [-0.1, -0.05) is 11.6 Å². The van der Waals surface area contributed by atoms with E-state index in [9.17, 15) is 0 Å². The number of thioether (sulfide) groups is 1. The van der Waals surface area contributed by atoms with Crippen molar-refractivity contribution >= 4 is 34.7 Å². The van der Waals surface area contributed by atoms with Crippen LogP contribution in [0, 0.1) is 5.92 Å². The third kappa shape index (κ3) is 2.95. The molecule has 3 N–H and O–H groups in total. The highest BCUT2D eigenvalue weighted by molar-refractivity contribution is 7.99. The highest BCUT2D eigenvalue weighted by Gasteiger charge is 2.15. The quantitative estimate of drug-likeness (QED) is 0.800. The molecule has 1 heterocycles. The van der Waals surface area contributed by atoms with Crippen LogP contribution in [0.1, 0.15) is 6.42 Å². The molecule has 1 aromatic carbocycles. The SMILES string of the molecule is Nc1cc(Cl)ccc1NCC1CCSC1. The van der Waals surface area contributed by atoms with Crippen LogP contribution in [0.2, 0.25) is 5.02 Å². The second kappa shape index (κ2) is 4.99. The van der Waals surface area contributed by atoms with Crippen LogP contribution in [0.4, 0.5) is 11.4 Å². The molecule has 1 saturated heterocycles. The number of benzene rings is 1. The van der Waals surface area contributed by atoms with Gasteiger partial charge in [-0.25, -0.2) is 0 Å². The van der Waals surface area contributed by atoms with Gasteiger partial charge in [-0.15, -0.1) is 0 Å². The lowest BCUT2D eigenvalue weighted by atomic mass is 10.1. The Labute approximate surface area is 99.6 Å². The van der Waals surface area contributed by atoms with Crippen molar-refractivity contribution in [1.82, 2.24) is 0 Å². The normalized spacial score (nSPS) is 20.5. The summed E-state index contributed by atoms with van der Waals surface area (Å²) in [5.41, 5.74) is 7.58. The fourth-order valence-corrected chi connectivity index (χ4v) is 3.16. The number of nitrogen functional groups attached to an aromatic ring is 1. The van der Waals surface area contributed by atoms with Crippen molar-refractivity contribution in [3.8, 4) is 0 Å². The van der Waals surface area contributed by atoms with Crippen LogP contribution >= 0.6 is 23.4 Å². The fraction of sp³-hybridized carbons (Fsp3) is 0.455. The third-order valence-corrected chi connectivity index (χ3v) is 4.09. The first kappa shape index (κ1) is 11.0. The predicted octanol–water partition coefficient (Wildman–Crippen LogP) is 3.09. The smallest absolute Gasteiger partial charge is 0.0575 e. The standard InChI is InChI=1S/C11H15ClN2S/c12-9-1-2-11(10(13)5-9)14-6-8-3-4-15-7-8/h1-2,5,8,14H,3-4,6-7,13H2. The molecule has 0 aromatic heterocycles. The van der Waals surface area contributed by atoms with E-state index in [0.29, 0.717) is 5.02 Å². The number of nitrogens with one attached hydrogen (secondary N) is 1. The highest BCUT2D eigenvalue weighted by Crippen LogP contribution is 2.26. The second-order valence-corrected chi connectivity index (χ2v) is 5.43. The lowest BCUT2D eigenvalue weighted by Gasteiger charge is -2.13. The average molecular weight is 243 g/mol. The minimum atomic E-state index is 0.689. The minimum absolute atomic E-state index is 0.689. The monoisotopic (exact) mass is 242 g/mol. The average Bonchev–Trinajstić information content (AvgIpc) is 2.69. The summed E-state index contributed by atoms with van der Waals surface area (Å²) in [6.45, 7) is 1.01. The minimum Gasteiger partial charge on any atom is -0.397 e. The van der Waals surface area contributed by atoms with E-state index < -0.39 is 0 Å². The van der Waals surface area contributed by atoms with Gasteiger partial charge in [-0.05, 0) is 42.0 Å². The van der Waals surface area contributed by atoms with E-state index in [1.54, 1.807) is 6.07 Å². The number of hydrogen-bond acceptors (Lipinski definition) is 3. The van der Waals surface area contributed by atoms with Crippen LogP contribution < -0.4 is 11.1 Å². The zero-order valence-corrected chi connectivity index (χ0v) is 10.1. The molecule has 1 aliphatic rings. The number of anilines is 2. The Bertz CT molecular complexity index is 337. The molecule has 0 spiro atoms. The van der Waals surface area contributed by atoms with Crippen LogP contribution in [0.25, 0.3) is 0 Å². The summed E-state index contributed by atoms with van der Waals surface area (Å²) >= 11 is 7.86. The fourth-order valence-electron chi connectivity index (χ4n) is 1.69. The van der Waals surface area contributed by atoms with Crippen molar-refractivity contribution in [3.05, 3.63) is 23.2 Å². The Morgan fingerprint density at radius 1 is 1.53 bits per heavy atom. The topological polar surface area (TPSA) is 38.0 Å². The predicted molar refractivity (Wildman–Crippen MR) is 69.8 cm³/mol. The van der Waals surface area contributed by atoms with Crippen LogP contribution in [-0.4, -0.2) is 18.1 Å². The molecule has 1 unspecified atom stereocenters. The molecule has 15 heavy (non-hydrogen) atoms. The number of halogens is 1. The summed E-state index contributed by atoms with van der Waals surface area (Å²) in [5, 5.41) is 4.07. The van der Waals surface area contributed by atoms with Gasteiger partial charge < -0.3 is 11.1 Å². The molecule has 0 radical (unpaired) electrons. The Balaban J connectivity index is 1.92. The first-order valence-corrected chi connectivity index (χ1v) is 6.65. The van der Waals surface area contributed by atoms with Gasteiger partial charge in [-0.3, -0.25) is 0 Å². The maximum absolute atomic E-state index is 5.85. The summed E-state index contributed by atoms with van der Waals surface area (Å²) in [4.78, 5) is 0. The van der Waals surface area contributed by atoms with Gasteiger partial charge in [0.15, 0.2) is 0 Å². The number of rotatable bonds is 3. The van der Waals surface area contributed by atoms with Crippen molar-refractivity contribution in [3.63, 3.8) is 0 Å². The Morgan fingerprint density at radius 2 is 2.40 bits per heavy atom. The summed E-state index contributed by atoms with van der Waals surface area (Å²) < 4.78 is 0. The van der Waals surface area contributed by atoms with E-state index >= 15 is 0 Å². The van der Waals surface area contributed by atoms with Gasteiger partial charge in [0.2, 0.25) is 0 Å². The van der Waals surface area contributed by atoms with E-state index in [4.69, 9.17) is 17.3 Å². The summed E-state index contributed by atoms with van der Waals surface area (Å²) in [6, 6.07) is 5.59. The van der Waals surface area contributed by atoms with Crippen LogP contribution in [-0.2, 0) is 0 Å². The molecule has 0 saturated carbocycles. The summed E-state index contributed by atoms with van der Waals surface area (Å²) in [5.74, 6) is 3.34. The maximum Gasteiger partial charge on any atom is 0.0575 e. The van der Waals surface area contributed by atoms with E-state index in [1.165, 1.54) is 17.9 Å². The first-order valence-electron chi connectivity index (χ1n) is 5.12. The molecule has 1 atom stereocenters. The molecular formula is C11H15ClN2S. The second-order valence-electron chi connectivity index (χ2n) is 3.84. The van der Waals surface area contributed by atoms with Crippen molar-refractivity contribution in [2.24, 2.45) is 5.92 Å². The molecule has 2 rings (SSSR count). The van der Waals surface area contributed by atoms with Crippen LogP contribution in [0.15, 0.2) is 18.2 Å². The molecule has 0 aliphatic carbocycles. The van der Waals surface area contributed by atoms with Crippen LogP contribution in [0.3, 0.4) is 0 Å². The van der Waals surface area contributed by atoms with Crippen LogP contribution in [0.5, 0.6) is 0 Å². The lowest BCUT2D eigenvalue weighted by molar-refractivity contribution is 0.632. The molecular weight excluding hydrogens is 228 g/mol. The van der Waals surface area contributed by atoms with Crippen molar-refractivity contribution in [1.29, 1.82) is 0 Å². The van der Waals surface area contributed by atoms with Crippen molar-refractivity contribution < 1.29 is 0 Å². The lowest BCUT2D eigenvalue weighted by Crippen LogP contribution is -2.14. The van der Waals surface area contributed by atoms with Gasteiger partial charge in [0.05, 0.1) is 11.4 Å². The third-order valence-electron chi connectivity index (χ3n) is 2.62. The zero-order valence-electron chi connectivity index (χ0n) is 8.50. The molecule has 0 bridgehead atoms. The molecule has 2 nitrogen and oxygen atoms in total. The summed E-state index contributed by atoms with van der Waals surface area (Å²) in [7, 11) is 0. The molecule has 4 heteroatoms. The first-order chi connectivity index (χ1) is 7.25. The zero-order chi connectivity index (χ0) is 10.7. The van der Waals surface area contributed by atoms with Crippen molar-refractivity contribution in [2.75, 3.05) is 29.1 Å². The van der Waals surface area contributed by atoms with E-state index in [1.807, 2.05) is 23.9 Å². The molecule has 1 aromatic rings. The Kier molecular flexibility index (Phi) is 3.65. The van der Waals surface area contributed by atoms with Gasteiger partial charge in [-0.2, -0.15) is 11.8 Å². The largest absolute Gasteiger partial charge is 0.397 e. The Morgan fingerprint density at radius 3 is 3.07 bits per heavy atom. The van der Waals surface area contributed by atoms with Gasteiger partial charge in [0.25, 0.3) is 0 Å². The van der Waals surface area contributed by atoms with Gasteiger partial charge in [0, 0.05) is 11.6 Å². The van der Waals surface area contributed by atoms with E-state index in [2.05, 4.69) is 5.32 Å². The summed E-state index contributed by atoms with van der Waals surface area (Å²) in [6.07, 6.45) is 1.31.